The van der Waals surface area contributed by atoms with Crippen LogP contribution >= 0.6 is 0 Å². The van der Waals surface area contributed by atoms with E-state index in [1.165, 1.54) is 0 Å². The normalized spacial score (nSPS) is 14.8. The molecule has 0 aromatic carbocycles. The summed E-state index contributed by atoms with van der Waals surface area (Å²) in [6.07, 6.45) is 5.67. The molecule has 0 rings (SSSR count). The summed E-state index contributed by atoms with van der Waals surface area (Å²) in [5.74, 6) is 2.36. The van der Waals surface area contributed by atoms with Gasteiger partial charge in [0.05, 0.1) is 13.2 Å². The molecule has 13 heavy (non-hydrogen) atoms. The topological polar surface area (TPSA) is 38.7 Å². The molecule has 0 spiro atoms. The number of ether oxygens (including phenoxy) is 2. The van der Waals surface area contributed by atoms with Gasteiger partial charge >= 0.3 is 0 Å². The van der Waals surface area contributed by atoms with Crippen molar-refractivity contribution in [3.63, 3.8) is 0 Å². The molecule has 0 bridgehead atoms. The predicted molar refractivity (Wildman–Crippen MR) is 54.2 cm³/mol. The Morgan fingerprint density at radius 2 is 2.31 bits per heavy atom. The largest absolute Gasteiger partial charge is 0.394 e. The van der Waals surface area contributed by atoms with Crippen molar-refractivity contribution in [2.24, 2.45) is 0 Å². The lowest BCUT2D eigenvalue weighted by atomic mass is 9.97. The molecule has 0 aliphatic rings. The summed E-state index contributed by atoms with van der Waals surface area (Å²) in [5.41, 5.74) is 0. The molecule has 4 heteroatoms. The summed E-state index contributed by atoms with van der Waals surface area (Å²) in [4.78, 5) is 0. The number of aliphatic hydroxyl groups is 1. The van der Waals surface area contributed by atoms with E-state index in [-0.39, 0.29) is 25.3 Å². The average Bonchev–Trinajstić information content (AvgIpc) is 2.16. The Morgan fingerprint density at radius 1 is 1.62 bits per heavy atom. The molecule has 0 saturated heterocycles. The minimum Gasteiger partial charge on any atom is -0.394 e. The van der Waals surface area contributed by atoms with Crippen molar-refractivity contribution in [2.75, 3.05) is 19.8 Å². The van der Waals surface area contributed by atoms with Crippen molar-refractivity contribution in [1.82, 2.24) is 0 Å². The summed E-state index contributed by atoms with van der Waals surface area (Å²) in [7, 11) is 1.96. The second-order valence-electron chi connectivity index (χ2n) is 2.88. The third-order valence-corrected chi connectivity index (χ3v) is 1.69. The van der Waals surface area contributed by atoms with E-state index < -0.39 is 0 Å². The van der Waals surface area contributed by atoms with Gasteiger partial charge < -0.3 is 14.6 Å². The number of terminal acetylenes is 1. The second kappa shape index (κ2) is 8.12. The van der Waals surface area contributed by atoms with Crippen molar-refractivity contribution in [3.8, 4) is 12.3 Å². The lowest BCUT2D eigenvalue weighted by Crippen LogP contribution is -2.29. The quantitative estimate of drug-likeness (QED) is 0.325. The van der Waals surface area contributed by atoms with E-state index in [9.17, 15) is 0 Å². The molecular weight excluding hydrogens is 167 g/mol. The van der Waals surface area contributed by atoms with Crippen molar-refractivity contribution < 1.29 is 14.6 Å². The highest BCUT2D eigenvalue weighted by Crippen LogP contribution is 1.99. The Morgan fingerprint density at radius 3 is 2.77 bits per heavy atom. The van der Waals surface area contributed by atoms with E-state index in [2.05, 4.69) is 5.92 Å². The molecule has 2 atom stereocenters. The van der Waals surface area contributed by atoms with Gasteiger partial charge in [-0.1, -0.05) is 12.8 Å². The van der Waals surface area contributed by atoms with Crippen molar-refractivity contribution >= 4 is 7.85 Å². The molecular formula is C9H17BO3. The molecule has 0 heterocycles. The number of rotatable bonds is 7. The maximum Gasteiger partial charge on any atom is 0.139 e. The predicted octanol–water partition coefficient (Wildman–Crippen LogP) is -0.617. The fourth-order valence-electron chi connectivity index (χ4n) is 0.809. The third-order valence-electron chi connectivity index (χ3n) is 1.69. The van der Waals surface area contributed by atoms with Crippen LogP contribution in [0, 0.1) is 12.3 Å². The van der Waals surface area contributed by atoms with Gasteiger partial charge in [-0.25, -0.2) is 0 Å². The molecule has 0 radical (unpaired) electrons. The number of aliphatic hydroxyl groups excluding tert-OH is 1. The van der Waals surface area contributed by atoms with Gasteiger partial charge in [0.1, 0.15) is 20.6 Å². The van der Waals surface area contributed by atoms with Crippen LogP contribution in [0.5, 0.6) is 0 Å². The fourth-order valence-corrected chi connectivity index (χ4v) is 0.809. The monoisotopic (exact) mass is 184 g/mol. The van der Waals surface area contributed by atoms with E-state index in [0.717, 1.165) is 6.42 Å². The van der Waals surface area contributed by atoms with Crippen molar-refractivity contribution in [2.45, 2.75) is 25.5 Å². The first kappa shape index (κ1) is 12.5. The molecule has 1 N–H and O–H groups in total. The Bertz CT molecular complexity index is 155. The molecule has 0 unspecified atom stereocenters. The molecule has 0 aliphatic carbocycles. The van der Waals surface area contributed by atoms with Crippen LogP contribution in [0.2, 0.25) is 0 Å². The fraction of sp³-hybridized carbons (Fsp3) is 0.778. The lowest BCUT2D eigenvalue weighted by molar-refractivity contribution is -0.0498. The first-order valence-corrected chi connectivity index (χ1v) is 4.52. The van der Waals surface area contributed by atoms with Gasteiger partial charge in [-0.05, 0) is 6.42 Å². The van der Waals surface area contributed by atoms with Crippen molar-refractivity contribution in [1.29, 1.82) is 0 Å². The summed E-state index contributed by atoms with van der Waals surface area (Å²) < 4.78 is 10.5. The molecule has 3 nitrogen and oxygen atoms in total. The summed E-state index contributed by atoms with van der Waals surface area (Å²) >= 11 is 0. The third kappa shape index (κ3) is 6.65. The van der Waals surface area contributed by atoms with Crippen LogP contribution in [-0.2, 0) is 9.47 Å². The van der Waals surface area contributed by atoms with Crippen LogP contribution in [0.25, 0.3) is 0 Å². The SMILES string of the molecule is B[C@@H](CC)O[C@H](CO)COCC#C. The van der Waals surface area contributed by atoms with E-state index >= 15 is 0 Å². The Labute approximate surface area is 80.8 Å². The maximum atomic E-state index is 8.91. The molecule has 0 saturated carbocycles. The second-order valence-corrected chi connectivity index (χ2v) is 2.88. The Hall–Kier alpha value is -0.495. The van der Waals surface area contributed by atoms with Gasteiger partial charge in [0.25, 0.3) is 0 Å². The van der Waals surface area contributed by atoms with Crippen LogP contribution in [-0.4, -0.2) is 44.9 Å². The van der Waals surface area contributed by atoms with Crippen LogP contribution < -0.4 is 0 Å². The van der Waals surface area contributed by atoms with Gasteiger partial charge in [0.2, 0.25) is 0 Å². The zero-order valence-corrected chi connectivity index (χ0v) is 8.32. The first-order valence-electron chi connectivity index (χ1n) is 4.52. The zero-order chi connectivity index (χ0) is 10.1. The number of hydrogen-bond acceptors (Lipinski definition) is 3. The van der Waals surface area contributed by atoms with Crippen LogP contribution in [0.15, 0.2) is 0 Å². The van der Waals surface area contributed by atoms with E-state index in [4.69, 9.17) is 21.0 Å². The maximum absolute atomic E-state index is 8.91. The van der Waals surface area contributed by atoms with Gasteiger partial charge in [-0.3, -0.25) is 0 Å². The van der Waals surface area contributed by atoms with E-state index in [1.54, 1.807) is 0 Å². The number of hydrogen-bond donors (Lipinski definition) is 1. The minimum atomic E-state index is -0.261. The van der Waals surface area contributed by atoms with Crippen LogP contribution in [0.3, 0.4) is 0 Å². The molecule has 0 aliphatic heterocycles. The minimum absolute atomic E-state index is 0.0328. The van der Waals surface area contributed by atoms with Gasteiger partial charge in [0, 0.05) is 6.00 Å². The molecule has 0 aromatic heterocycles. The average molecular weight is 184 g/mol. The summed E-state index contributed by atoms with van der Waals surface area (Å²) in [6, 6.07) is 0.145. The van der Waals surface area contributed by atoms with Crippen LogP contribution in [0.1, 0.15) is 13.3 Å². The Balaban J connectivity index is 3.57. The van der Waals surface area contributed by atoms with E-state index in [0.29, 0.717) is 6.61 Å². The van der Waals surface area contributed by atoms with E-state index in [1.807, 2.05) is 14.8 Å². The smallest absolute Gasteiger partial charge is 0.139 e. The zero-order valence-electron chi connectivity index (χ0n) is 8.32. The van der Waals surface area contributed by atoms with Gasteiger partial charge in [-0.2, -0.15) is 0 Å². The van der Waals surface area contributed by atoms with Crippen LogP contribution in [0.4, 0.5) is 0 Å². The molecule has 74 valence electrons. The Kier molecular flexibility index (Phi) is 7.81. The molecule has 0 fully saturated rings. The van der Waals surface area contributed by atoms with Gasteiger partial charge in [0.15, 0.2) is 0 Å². The molecule has 0 aromatic rings. The summed E-state index contributed by atoms with van der Waals surface area (Å²) in [6.45, 7) is 2.61. The molecule has 0 amide bonds. The highest BCUT2D eigenvalue weighted by Gasteiger charge is 2.10. The highest BCUT2D eigenvalue weighted by atomic mass is 16.5. The highest BCUT2D eigenvalue weighted by molar-refractivity contribution is 6.10. The first-order chi connectivity index (χ1) is 6.24. The standard InChI is InChI=1S/C9H17BO3/c1-3-5-12-7-8(6-11)13-9(10)4-2/h1,8-9,11H,4-7,10H2,2H3/t8-,9-/m1/s1. The lowest BCUT2D eigenvalue weighted by Gasteiger charge is -2.19. The van der Waals surface area contributed by atoms with Crippen molar-refractivity contribution in [3.05, 3.63) is 0 Å². The van der Waals surface area contributed by atoms with Gasteiger partial charge in [-0.15, -0.1) is 6.42 Å². The summed E-state index contributed by atoms with van der Waals surface area (Å²) in [5, 5.41) is 8.91.